The Morgan fingerprint density at radius 3 is 2.21 bits per heavy atom. The van der Waals surface area contributed by atoms with E-state index in [0.717, 1.165) is 5.56 Å². The smallest absolute Gasteiger partial charge is 0.281 e. The van der Waals surface area contributed by atoms with E-state index in [1.165, 1.54) is 13.3 Å². The number of nitrogens with zero attached hydrogens (tertiary/aromatic N) is 2. The van der Waals surface area contributed by atoms with Gasteiger partial charge in [-0.25, -0.2) is 5.43 Å². The van der Waals surface area contributed by atoms with E-state index in [-0.39, 0.29) is 6.61 Å². The van der Waals surface area contributed by atoms with Crippen LogP contribution < -0.4 is 14.9 Å². The predicted molar refractivity (Wildman–Crippen MR) is 148 cm³/mol. The van der Waals surface area contributed by atoms with Crippen LogP contribution in [0.25, 0.3) is 0 Å². The minimum absolute atomic E-state index is 0.188. The summed E-state index contributed by atoms with van der Waals surface area (Å²) in [5, 5.41) is 24.9. The summed E-state index contributed by atoms with van der Waals surface area (Å²) in [5.41, 5.74) is 3.26. The Bertz CT molecular complexity index is 1450. The van der Waals surface area contributed by atoms with E-state index in [0.29, 0.717) is 38.2 Å². The average molecular weight is 570 g/mol. The maximum atomic E-state index is 13.2. The van der Waals surface area contributed by atoms with E-state index in [1.807, 2.05) is 24.3 Å². The van der Waals surface area contributed by atoms with Crippen LogP contribution in [0, 0.1) is 11.3 Å². The fraction of sp³-hybridized carbons (Fsp3) is 0.100. The van der Waals surface area contributed by atoms with Gasteiger partial charge in [0.15, 0.2) is 17.1 Å². The van der Waals surface area contributed by atoms with Crippen LogP contribution in [-0.2, 0) is 17.0 Å². The number of nitrogens with one attached hydrogen (secondary N) is 1. The van der Waals surface area contributed by atoms with E-state index in [2.05, 4.69) is 32.5 Å². The van der Waals surface area contributed by atoms with Crippen LogP contribution in [0.4, 0.5) is 0 Å². The number of carbonyl (C=O) groups excluding carboxylic acids is 1. The molecule has 190 valence electrons. The van der Waals surface area contributed by atoms with Crippen LogP contribution in [0.5, 0.6) is 11.5 Å². The Morgan fingerprint density at radius 1 is 1.00 bits per heavy atom. The molecule has 0 saturated carbocycles. The molecule has 4 aromatic carbocycles. The van der Waals surface area contributed by atoms with Gasteiger partial charge in [0.1, 0.15) is 6.61 Å². The SMILES string of the molecule is COc1cc(/C=N\NC(=O)C(O)(c2ccccc2)c2ccccc2)c(Br)cc1OCc1ccccc1C#N. The van der Waals surface area contributed by atoms with Crippen molar-refractivity contribution in [2.75, 3.05) is 7.11 Å². The molecule has 0 aromatic heterocycles. The summed E-state index contributed by atoms with van der Waals surface area (Å²) in [5.74, 6) is 0.210. The first-order valence-electron chi connectivity index (χ1n) is 11.6. The highest BCUT2D eigenvalue weighted by molar-refractivity contribution is 9.10. The molecule has 0 aliphatic heterocycles. The van der Waals surface area contributed by atoms with Crippen molar-refractivity contribution in [2.45, 2.75) is 12.2 Å². The third-order valence-corrected chi connectivity index (χ3v) is 6.57. The molecule has 0 bridgehead atoms. The van der Waals surface area contributed by atoms with Gasteiger partial charge in [-0.2, -0.15) is 10.4 Å². The summed E-state index contributed by atoms with van der Waals surface area (Å²) in [6, 6.07) is 30.2. The van der Waals surface area contributed by atoms with Crippen molar-refractivity contribution in [1.29, 1.82) is 5.26 Å². The van der Waals surface area contributed by atoms with Gasteiger partial charge in [-0.3, -0.25) is 4.79 Å². The van der Waals surface area contributed by atoms with Gasteiger partial charge in [0, 0.05) is 15.6 Å². The molecular weight excluding hydrogens is 546 g/mol. The molecule has 0 aliphatic carbocycles. The number of nitriles is 1. The van der Waals surface area contributed by atoms with Gasteiger partial charge in [-0.1, -0.05) is 78.9 Å². The van der Waals surface area contributed by atoms with Crippen LogP contribution in [0.15, 0.2) is 107 Å². The van der Waals surface area contributed by atoms with Gasteiger partial charge in [-0.05, 0) is 45.3 Å². The molecule has 0 fully saturated rings. The monoisotopic (exact) mass is 569 g/mol. The first kappa shape index (κ1) is 26.6. The number of methoxy groups -OCH3 is 1. The summed E-state index contributed by atoms with van der Waals surface area (Å²) in [4.78, 5) is 13.2. The lowest BCUT2D eigenvalue weighted by Gasteiger charge is -2.27. The maximum absolute atomic E-state index is 13.2. The first-order valence-corrected chi connectivity index (χ1v) is 12.4. The Kier molecular flexibility index (Phi) is 8.54. The summed E-state index contributed by atoms with van der Waals surface area (Å²) < 4.78 is 12.0. The molecule has 0 saturated heterocycles. The van der Waals surface area contributed by atoms with Crippen molar-refractivity contribution in [2.24, 2.45) is 5.10 Å². The van der Waals surface area contributed by atoms with Crippen molar-refractivity contribution in [3.8, 4) is 17.6 Å². The molecule has 0 unspecified atom stereocenters. The van der Waals surface area contributed by atoms with Crippen LogP contribution in [0.1, 0.15) is 27.8 Å². The third kappa shape index (κ3) is 5.75. The Balaban J connectivity index is 1.53. The second kappa shape index (κ2) is 12.2. The molecule has 4 aromatic rings. The topological polar surface area (TPSA) is 104 Å². The number of hydrazone groups is 1. The van der Waals surface area contributed by atoms with Crippen molar-refractivity contribution < 1.29 is 19.4 Å². The lowest BCUT2D eigenvalue weighted by molar-refractivity contribution is -0.136. The molecule has 0 atom stereocenters. The zero-order chi connectivity index (χ0) is 27.0. The van der Waals surface area contributed by atoms with Crippen LogP contribution in [0.3, 0.4) is 0 Å². The summed E-state index contributed by atoms with van der Waals surface area (Å²) in [7, 11) is 1.52. The molecule has 0 aliphatic rings. The second-order valence-corrected chi connectivity index (χ2v) is 9.08. The number of benzene rings is 4. The number of halogens is 1. The van der Waals surface area contributed by atoms with Crippen LogP contribution >= 0.6 is 15.9 Å². The molecule has 1 amide bonds. The van der Waals surface area contributed by atoms with Crippen molar-refractivity contribution in [1.82, 2.24) is 5.43 Å². The van der Waals surface area contributed by atoms with Gasteiger partial charge in [0.2, 0.25) is 0 Å². The molecule has 38 heavy (non-hydrogen) atoms. The van der Waals surface area contributed by atoms with E-state index in [9.17, 15) is 15.2 Å². The number of ether oxygens (including phenoxy) is 2. The van der Waals surface area contributed by atoms with Crippen molar-refractivity contribution in [3.05, 3.63) is 129 Å². The van der Waals surface area contributed by atoms with E-state index >= 15 is 0 Å². The highest BCUT2D eigenvalue weighted by atomic mass is 79.9. The Morgan fingerprint density at radius 2 is 1.61 bits per heavy atom. The second-order valence-electron chi connectivity index (χ2n) is 8.22. The molecule has 4 rings (SSSR count). The van der Waals surface area contributed by atoms with Gasteiger partial charge < -0.3 is 14.6 Å². The summed E-state index contributed by atoms with van der Waals surface area (Å²) in [6.45, 7) is 0.188. The lowest BCUT2D eigenvalue weighted by atomic mass is 9.85. The van der Waals surface area contributed by atoms with Crippen molar-refractivity contribution in [3.63, 3.8) is 0 Å². The lowest BCUT2D eigenvalue weighted by Crippen LogP contribution is -2.43. The number of hydrogen-bond acceptors (Lipinski definition) is 6. The van der Waals surface area contributed by atoms with Gasteiger partial charge in [0.25, 0.3) is 5.91 Å². The molecule has 0 heterocycles. The maximum Gasteiger partial charge on any atom is 0.281 e. The number of hydrogen-bond donors (Lipinski definition) is 2. The standard InChI is InChI=1S/C30H24BrN3O4/c1-37-27-16-23(26(31)17-28(27)38-20-22-11-9-8-10-21(22)18-32)19-33-34-29(35)30(36,24-12-4-2-5-13-24)25-14-6-3-7-15-25/h2-17,19,36H,20H2,1H3,(H,34,35)/b33-19-. The Hall–Kier alpha value is -4.45. The molecule has 2 N–H and O–H groups in total. The van der Waals surface area contributed by atoms with E-state index in [1.54, 1.807) is 72.8 Å². The largest absolute Gasteiger partial charge is 0.493 e. The molecule has 0 spiro atoms. The Labute approximate surface area is 229 Å². The number of rotatable bonds is 9. The predicted octanol–water partition coefficient (Wildman–Crippen LogP) is 5.29. The average Bonchev–Trinajstić information content (AvgIpc) is 2.97. The van der Waals surface area contributed by atoms with E-state index in [4.69, 9.17) is 9.47 Å². The fourth-order valence-corrected chi connectivity index (χ4v) is 4.29. The minimum Gasteiger partial charge on any atom is -0.493 e. The summed E-state index contributed by atoms with van der Waals surface area (Å²) in [6.07, 6.45) is 1.44. The molecule has 7 nitrogen and oxygen atoms in total. The highest BCUT2D eigenvalue weighted by Gasteiger charge is 2.39. The van der Waals surface area contributed by atoms with Crippen molar-refractivity contribution >= 4 is 28.1 Å². The molecular formula is C30H24BrN3O4. The molecule has 8 heteroatoms. The zero-order valence-corrected chi connectivity index (χ0v) is 22.1. The number of amides is 1. The quantitative estimate of drug-likeness (QED) is 0.210. The summed E-state index contributed by atoms with van der Waals surface area (Å²) >= 11 is 3.50. The normalized spacial score (nSPS) is 11.1. The number of aliphatic hydroxyl groups is 1. The third-order valence-electron chi connectivity index (χ3n) is 5.89. The molecule has 0 radical (unpaired) electrons. The van der Waals surface area contributed by atoms with Gasteiger partial charge >= 0.3 is 0 Å². The minimum atomic E-state index is -1.94. The van der Waals surface area contributed by atoms with Crippen LogP contribution in [0.2, 0.25) is 0 Å². The van der Waals surface area contributed by atoms with Gasteiger partial charge in [0.05, 0.1) is 25.0 Å². The number of carbonyl (C=O) groups is 1. The van der Waals surface area contributed by atoms with Gasteiger partial charge in [-0.15, -0.1) is 0 Å². The first-order chi connectivity index (χ1) is 18.5. The highest BCUT2D eigenvalue weighted by Crippen LogP contribution is 2.34. The fourth-order valence-electron chi connectivity index (χ4n) is 3.86. The van der Waals surface area contributed by atoms with Crippen LogP contribution in [-0.4, -0.2) is 24.3 Å². The zero-order valence-electron chi connectivity index (χ0n) is 20.5. The van der Waals surface area contributed by atoms with E-state index < -0.39 is 11.5 Å².